The Morgan fingerprint density at radius 3 is 2.37 bits per heavy atom. The van der Waals surface area contributed by atoms with Crippen LogP contribution >= 0.6 is 0 Å². The third-order valence-corrected chi connectivity index (χ3v) is 16.3. The van der Waals surface area contributed by atoms with Crippen LogP contribution in [0.5, 0.6) is 5.75 Å². The molecule has 2 bridgehead atoms. The first kappa shape index (κ1) is 46.6. The number of esters is 4. The molecule has 5 aliphatic heterocycles. The number of fused-ring (bicyclic) bond motifs is 6. The van der Waals surface area contributed by atoms with Gasteiger partial charge in [0.25, 0.3) is 0 Å². The number of piperidine rings is 1. The van der Waals surface area contributed by atoms with Gasteiger partial charge in [0.2, 0.25) is 5.60 Å². The third kappa shape index (κ3) is 6.72. The average molecular weight is 927 g/mol. The minimum absolute atomic E-state index is 0.198. The molecule has 2 aromatic carbocycles. The quantitative estimate of drug-likeness (QED) is 0.135. The second kappa shape index (κ2) is 16.9. The summed E-state index contributed by atoms with van der Waals surface area (Å²) in [6, 6.07) is 10.5. The van der Waals surface area contributed by atoms with Gasteiger partial charge >= 0.3 is 29.8 Å². The van der Waals surface area contributed by atoms with Crippen molar-refractivity contribution in [1.82, 2.24) is 14.8 Å². The molecule has 67 heavy (non-hydrogen) atoms. The van der Waals surface area contributed by atoms with E-state index in [2.05, 4.69) is 14.8 Å². The highest BCUT2D eigenvalue weighted by molar-refractivity contribution is 5.95. The highest BCUT2D eigenvalue weighted by Gasteiger charge is 2.80. The van der Waals surface area contributed by atoms with E-state index in [0.29, 0.717) is 87.5 Å². The van der Waals surface area contributed by atoms with Gasteiger partial charge in [0.05, 0.1) is 27.4 Å². The number of aliphatic carboxylic acids is 1. The number of aliphatic hydroxyl groups is 1. The SMILES string of the molecule is CC[C@]1(OC(=O)COCC(=O)O)C[C@H]2CN(CCc3c([nH]c4ccccc34)C(C(=O)OC)(c3cc4c(cc3OC)N(C)[C@H]3[C@@](O)(C(=O)OC)[C@H](OC(C)=O)[C@]5(CC)C=CCN6CC[C@]43[C@@H]65)C2)C1. The van der Waals surface area contributed by atoms with Crippen molar-refractivity contribution in [1.29, 1.82) is 0 Å². The fourth-order valence-electron chi connectivity index (χ4n) is 14.1. The van der Waals surface area contributed by atoms with Crippen LogP contribution < -0.4 is 9.64 Å². The average Bonchev–Trinajstić information content (AvgIpc) is 3.97. The summed E-state index contributed by atoms with van der Waals surface area (Å²) in [5.41, 5.74) is -2.48. The van der Waals surface area contributed by atoms with Gasteiger partial charge in [-0.15, -0.1) is 0 Å². The van der Waals surface area contributed by atoms with Crippen molar-refractivity contribution >= 4 is 46.4 Å². The third-order valence-electron chi connectivity index (χ3n) is 16.3. The van der Waals surface area contributed by atoms with Crippen LogP contribution in [0.4, 0.5) is 5.69 Å². The molecule has 360 valence electrons. The maximum absolute atomic E-state index is 15.6. The molecule has 6 heterocycles. The number of para-hydroxylation sites is 1. The molecule has 2 unspecified atom stereocenters. The van der Waals surface area contributed by atoms with Crippen LogP contribution in [0.1, 0.15) is 75.3 Å². The van der Waals surface area contributed by atoms with E-state index >= 15 is 4.79 Å². The van der Waals surface area contributed by atoms with Gasteiger partial charge in [-0.2, -0.15) is 0 Å². The van der Waals surface area contributed by atoms with Gasteiger partial charge in [0.1, 0.15) is 30.0 Å². The van der Waals surface area contributed by atoms with Crippen LogP contribution in [0.2, 0.25) is 0 Å². The monoisotopic (exact) mass is 926 g/mol. The molecular weight excluding hydrogens is 865 g/mol. The number of aromatic amines is 1. The summed E-state index contributed by atoms with van der Waals surface area (Å²) in [6.07, 6.45) is 5.21. The lowest BCUT2D eigenvalue weighted by Gasteiger charge is -2.63. The fraction of sp³-hybridized carbons (Fsp3) is 0.580. The number of carbonyl (C=O) groups is 5. The summed E-state index contributed by atoms with van der Waals surface area (Å²) in [5.74, 6) is -3.84. The fourth-order valence-corrected chi connectivity index (χ4v) is 14.1. The van der Waals surface area contributed by atoms with E-state index in [9.17, 15) is 24.3 Å². The smallest absolute Gasteiger partial charge is 0.344 e. The molecule has 1 spiro atoms. The van der Waals surface area contributed by atoms with Gasteiger partial charge in [0.15, 0.2) is 6.10 Å². The molecule has 3 fully saturated rings. The van der Waals surface area contributed by atoms with Crippen LogP contribution in [-0.4, -0.2) is 159 Å². The number of aromatic nitrogens is 1. The molecule has 0 amide bonds. The molecule has 10 atom stereocenters. The number of carboxylic acid groups (broad SMARTS) is 1. The predicted molar refractivity (Wildman–Crippen MR) is 243 cm³/mol. The minimum atomic E-state index is -2.36. The lowest BCUT2D eigenvalue weighted by atomic mass is 9.47. The number of anilines is 1. The van der Waals surface area contributed by atoms with E-state index in [1.807, 2.05) is 74.3 Å². The van der Waals surface area contributed by atoms with Crippen molar-refractivity contribution in [2.24, 2.45) is 11.3 Å². The number of hydrogen-bond donors (Lipinski definition) is 3. The van der Waals surface area contributed by atoms with Crippen LogP contribution in [0.25, 0.3) is 10.9 Å². The number of nitrogens with one attached hydrogen (secondary N) is 1. The number of ether oxygens (including phenoxy) is 6. The topological polar surface area (TPSA) is 207 Å². The Balaban J connectivity index is 1.29. The molecule has 2 saturated heterocycles. The van der Waals surface area contributed by atoms with Gasteiger partial charge in [-0.1, -0.05) is 44.2 Å². The van der Waals surface area contributed by atoms with Crippen LogP contribution in [0, 0.1) is 11.3 Å². The lowest BCUT2D eigenvalue weighted by molar-refractivity contribution is -0.228. The number of likely N-dealkylation sites (N-methyl/N-ethyl adjacent to an activating group) is 1. The van der Waals surface area contributed by atoms with Gasteiger partial charge in [-0.25, -0.2) is 14.4 Å². The van der Waals surface area contributed by atoms with Gasteiger partial charge in [0, 0.05) is 90.9 Å². The second-order valence-corrected chi connectivity index (χ2v) is 19.5. The number of carbonyl (C=O) groups excluding carboxylic acids is 4. The number of carboxylic acids is 1. The zero-order chi connectivity index (χ0) is 47.8. The maximum Gasteiger partial charge on any atom is 0.344 e. The molecule has 17 nitrogen and oxygen atoms in total. The number of rotatable bonds is 12. The Morgan fingerprint density at radius 2 is 1.69 bits per heavy atom. The molecule has 1 aromatic heterocycles. The van der Waals surface area contributed by atoms with Gasteiger partial charge < -0.3 is 48.5 Å². The van der Waals surface area contributed by atoms with E-state index in [0.717, 1.165) is 22.0 Å². The van der Waals surface area contributed by atoms with Crippen molar-refractivity contribution in [3.8, 4) is 5.75 Å². The van der Waals surface area contributed by atoms with E-state index in [1.54, 1.807) is 7.11 Å². The lowest BCUT2D eigenvalue weighted by Crippen LogP contribution is -2.81. The number of methoxy groups -OCH3 is 3. The summed E-state index contributed by atoms with van der Waals surface area (Å²) >= 11 is 0. The molecule has 17 heteroatoms. The normalized spacial score (nSPS) is 33.8. The van der Waals surface area contributed by atoms with Crippen molar-refractivity contribution in [3.63, 3.8) is 0 Å². The molecule has 1 saturated carbocycles. The van der Waals surface area contributed by atoms with Crippen LogP contribution in [-0.2, 0) is 64.9 Å². The van der Waals surface area contributed by atoms with Crippen LogP contribution in [0.3, 0.4) is 0 Å². The maximum atomic E-state index is 15.6. The molecular formula is C50H62N4O13. The highest BCUT2D eigenvalue weighted by atomic mass is 16.6. The van der Waals surface area contributed by atoms with E-state index < -0.39 is 82.7 Å². The predicted octanol–water partition coefficient (Wildman–Crippen LogP) is 3.64. The zero-order valence-corrected chi connectivity index (χ0v) is 39.3. The summed E-state index contributed by atoms with van der Waals surface area (Å²) < 4.78 is 35.5. The Bertz CT molecular complexity index is 2540. The Kier molecular flexibility index (Phi) is 11.8. The van der Waals surface area contributed by atoms with E-state index in [1.165, 1.54) is 21.1 Å². The number of hydrogen-bond acceptors (Lipinski definition) is 15. The molecule has 9 rings (SSSR count). The Labute approximate surface area is 389 Å². The molecule has 3 aromatic rings. The Morgan fingerprint density at radius 1 is 0.925 bits per heavy atom. The first-order valence-corrected chi connectivity index (χ1v) is 23.3. The number of H-pyrrole nitrogens is 1. The van der Waals surface area contributed by atoms with Crippen molar-refractivity contribution < 1.29 is 62.6 Å². The summed E-state index contributed by atoms with van der Waals surface area (Å²) in [7, 11) is 6.00. The van der Waals surface area contributed by atoms with Crippen molar-refractivity contribution in [2.75, 3.05) is 79.2 Å². The standard InChI is InChI=1S/C50H62N4O13/c1-8-46(67-39(58)27-65-26-38(56)57)23-30-24-49(44(59)63-6,40-32(15-19-53(25-30)28-46)31-13-10-11-14-35(31)51-40)34-21-33-36(22-37(34)62-5)52(4)42-48(33)17-20-54-18-12-16-47(9-2,41(48)54)43(66-29(3)55)50(42,61)45(60)64-7/h10-14,16,21-22,30,41-43,51,61H,8-9,15,17-20,23-28H2,1-7H3,(H,56,57)/t30-,41+,42-,43-,46+,47-,48-,49?,50+/m1/s1. The first-order valence-electron chi connectivity index (χ1n) is 23.3. The highest BCUT2D eigenvalue weighted by Crippen LogP contribution is 2.68. The summed E-state index contributed by atoms with van der Waals surface area (Å²) in [6.45, 7) is 6.85. The van der Waals surface area contributed by atoms with E-state index in [4.69, 9.17) is 33.5 Å². The van der Waals surface area contributed by atoms with Gasteiger partial charge in [-0.3, -0.25) is 19.4 Å². The van der Waals surface area contributed by atoms with Crippen molar-refractivity contribution in [3.05, 3.63) is 70.9 Å². The minimum Gasteiger partial charge on any atom is -0.496 e. The summed E-state index contributed by atoms with van der Waals surface area (Å²) in [4.78, 5) is 78.0. The largest absolute Gasteiger partial charge is 0.496 e. The summed E-state index contributed by atoms with van der Waals surface area (Å²) in [5, 5.41) is 23.5. The van der Waals surface area contributed by atoms with E-state index in [-0.39, 0.29) is 18.4 Å². The molecule has 1 aliphatic carbocycles. The van der Waals surface area contributed by atoms with Crippen molar-refractivity contribution in [2.45, 2.75) is 99.5 Å². The molecule has 3 N–H and O–H groups in total. The Hall–Kier alpha value is -5.49. The van der Waals surface area contributed by atoms with Crippen LogP contribution in [0.15, 0.2) is 48.6 Å². The first-order chi connectivity index (χ1) is 32.0. The number of benzene rings is 2. The number of nitrogens with zero attached hydrogens (tertiary/aromatic N) is 3. The molecule has 0 radical (unpaired) electrons. The second-order valence-electron chi connectivity index (χ2n) is 19.5. The zero-order valence-electron chi connectivity index (χ0n) is 39.3. The molecule has 6 aliphatic rings. The van der Waals surface area contributed by atoms with Gasteiger partial charge in [-0.05, 0) is 74.2 Å².